The monoisotopic (exact) mass is 326 g/mol. The van der Waals surface area contributed by atoms with Crippen molar-refractivity contribution in [3.63, 3.8) is 0 Å². The number of thiophene rings is 1. The smallest absolute Gasteiger partial charge is 0.349 e. The number of fused-ring (bicyclic) bond motifs is 3. The summed E-state index contributed by atoms with van der Waals surface area (Å²) in [5, 5.41) is 0. The highest BCUT2D eigenvalue weighted by atomic mass is 32.1. The van der Waals surface area contributed by atoms with Crippen LogP contribution in [0.3, 0.4) is 0 Å². The highest BCUT2D eigenvalue weighted by Gasteiger charge is 2.28. The Balaban J connectivity index is 1.58. The molecule has 0 N–H and O–H groups in total. The predicted molar refractivity (Wildman–Crippen MR) is 89.8 cm³/mol. The Morgan fingerprint density at radius 2 is 1.91 bits per heavy atom. The second-order valence-electron chi connectivity index (χ2n) is 6.23. The Labute approximate surface area is 139 Å². The molecule has 1 saturated carbocycles. The Hall–Kier alpha value is -1.94. The van der Waals surface area contributed by atoms with Gasteiger partial charge < -0.3 is 4.74 Å². The molecule has 0 unspecified atom stereocenters. The van der Waals surface area contributed by atoms with Crippen LogP contribution in [0.1, 0.15) is 46.5 Å². The minimum Gasteiger partial charge on any atom is -0.450 e. The van der Waals surface area contributed by atoms with Crippen LogP contribution in [0.2, 0.25) is 0 Å². The molecule has 0 bridgehead atoms. The summed E-state index contributed by atoms with van der Waals surface area (Å²) >= 11 is 1.49. The standard InChI is InChI=1S/C19H18O3S/c20-15-7-3-4-8-16(15)22-19(21)17-11-13-10-9-12-5-1-2-6-14(12)18(13)23-17/h1-2,5-6,11,16H,3-4,7-10H2/t16-/m0/s1. The van der Waals surface area contributed by atoms with E-state index in [-0.39, 0.29) is 11.8 Å². The van der Waals surface area contributed by atoms with E-state index in [1.165, 1.54) is 32.9 Å². The summed E-state index contributed by atoms with van der Waals surface area (Å²) in [6.45, 7) is 0. The lowest BCUT2D eigenvalue weighted by Gasteiger charge is -2.20. The lowest BCUT2D eigenvalue weighted by atomic mass is 9.91. The van der Waals surface area contributed by atoms with Gasteiger partial charge in [-0.25, -0.2) is 4.79 Å². The van der Waals surface area contributed by atoms with Crippen molar-refractivity contribution >= 4 is 23.1 Å². The third kappa shape index (κ3) is 2.72. The molecular weight excluding hydrogens is 308 g/mol. The molecule has 0 saturated heterocycles. The van der Waals surface area contributed by atoms with E-state index in [4.69, 9.17) is 4.74 Å². The van der Waals surface area contributed by atoms with Crippen LogP contribution in [0.25, 0.3) is 10.4 Å². The van der Waals surface area contributed by atoms with E-state index in [1.54, 1.807) is 0 Å². The number of carbonyl (C=O) groups is 2. The van der Waals surface area contributed by atoms with Gasteiger partial charge in [0.25, 0.3) is 0 Å². The molecule has 2 aliphatic carbocycles. The first kappa shape index (κ1) is 14.6. The average Bonchev–Trinajstić information content (AvgIpc) is 3.02. The van der Waals surface area contributed by atoms with Crippen LogP contribution in [-0.2, 0) is 22.4 Å². The van der Waals surface area contributed by atoms with Crippen LogP contribution >= 0.6 is 11.3 Å². The van der Waals surface area contributed by atoms with Gasteiger partial charge in [0.2, 0.25) is 0 Å². The van der Waals surface area contributed by atoms with Crippen molar-refractivity contribution in [2.45, 2.75) is 44.6 Å². The van der Waals surface area contributed by atoms with Crippen LogP contribution in [0.15, 0.2) is 30.3 Å². The molecule has 1 fully saturated rings. The van der Waals surface area contributed by atoms with Gasteiger partial charge in [0.1, 0.15) is 4.88 Å². The first-order valence-corrected chi connectivity index (χ1v) is 8.99. The van der Waals surface area contributed by atoms with Gasteiger partial charge in [0, 0.05) is 11.3 Å². The number of carbonyl (C=O) groups excluding carboxylic acids is 2. The molecule has 3 nitrogen and oxygen atoms in total. The van der Waals surface area contributed by atoms with Gasteiger partial charge >= 0.3 is 5.97 Å². The maximum atomic E-state index is 12.4. The molecule has 2 aromatic rings. The number of hydrogen-bond donors (Lipinski definition) is 0. The van der Waals surface area contributed by atoms with E-state index in [0.717, 1.165) is 25.7 Å². The van der Waals surface area contributed by atoms with Gasteiger partial charge in [-0.05, 0) is 54.9 Å². The highest BCUT2D eigenvalue weighted by Crippen LogP contribution is 2.39. The highest BCUT2D eigenvalue weighted by molar-refractivity contribution is 7.17. The van der Waals surface area contributed by atoms with Gasteiger partial charge in [-0.1, -0.05) is 24.3 Å². The first-order valence-electron chi connectivity index (χ1n) is 8.17. The van der Waals surface area contributed by atoms with Crippen LogP contribution in [0.5, 0.6) is 0 Å². The summed E-state index contributed by atoms with van der Waals surface area (Å²) in [6, 6.07) is 10.3. The van der Waals surface area contributed by atoms with Crippen molar-refractivity contribution in [1.29, 1.82) is 0 Å². The zero-order valence-electron chi connectivity index (χ0n) is 12.8. The Morgan fingerprint density at radius 3 is 2.78 bits per heavy atom. The quantitative estimate of drug-likeness (QED) is 0.778. The summed E-state index contributed by atoms with van der Waals surface area (Å²) < 4.78 is 5.48. The number of ketones is 1. The fraction of sp³-hybridized carbons (Fsp3) is 0.368. The fourth-order valence-electron chi connectivity index (χ4n) is 3.44. The number of Topliss-reactive ketones (excluding diaryl/α,β-unsaturated/α-hetero) is 1. The Bertz CT molecular complexity index is 775. The summed E-state index contributed by atoms with van der Waals surface area (Å²) in [4.78, 5) is 26.1. The lowest BCUT2D eigenvalue weighted by Crippen LogP contribution is -2.29. The Kier molecular flexibility index (Phi) is 3.77. The number of hydrogen-bond acceptors (Lipinski definition) is 4. The maximum Gasteiger partial charge on any atom is 0.349 e. The topological polar surface area (TPSA) is 43.4 Å². The third-order valence-electron chi connectivity index (χ3n) is 4.68. The van der Waals surface area contributed by atoms with E-state index >= 15 is 0 Å². The second kappa shape index (κ2) is 5.93. The number of rotatable bonds is 2. The summed E-state index contributed by atoms with van der Waals surface area (Å²) in [5.74, 6) is -0.279. The van der Waals surface area contributed by atoms with Crippen molar-refractivity contribution in [2.75, 3.05) is 0 Å². The van der Waals surface area contributed by atoms with Crippen molar-refractivity contribution in [3.05, 3.63) is 46.3 Å². The van der Waals surface area contributed by atoms with Crippen LogP contribution in [0.4, 0.5) is 0 Å². The molecule has 0 radical (unpaired) electrons. The Morgan fingerprint density at radius 1 is 1.09 bits per heavy atom. The van der Waals surface area contributed by atoms with Crippen molar-refractivity contribution < 1.29 is 14.3 Å². The second-order valence-corrected chi connectivity index (χ2v) is 7.28. The number of aryl methyl sites for hydroxylation is 2. The fourth-order valence-corrected chi connectivity index (χ4v) is 4.59. The molecule has 0 spiro atoms. The average molecular weight is 326 g/mol. The van der Waals surface area contributed by atoms with Crippen molar-refractivity contribution in [1.82, 2.24) is 0 Å². The molecule has 23 heavy (non-hydrogen) atoms. The minimum atomic E-state index is -0.539. The maximum absolute atomic E-state index is 12.4. The number of ether oxygens (including phenoxy) is 1. The molecular formula is C19H18O3S. The first-order chi connectivity index (χ1) is 11.2. The third-order valence-corrected chi connectivity index (χ3v) is 5.87. The van der Waals surface area contributed by atoms with Gasteiger partial charge in [-0.2, -0.15) is 0 Å². The van der Waals surface area contributed by atoms with Crippen LogP contribution < -0.4 is 0 Å². The largest absolute Gasteiger partial charge is 0.450 e. The van der Waals surface area contributed by atoms with Gasteiger partial charge in [-0.3, -0.25) is 4.79 Å². The van der Waals surface area contributed by atoms with Crippen LogP contribution in [0, 0.1) is 0 Å². The molecule has 118 valence electrons. The van der Waals surface area contributed by atoms with Crippen LogP contribution in [-0.4, -0.2) is 17.9 Å². The number of benzene rings is 1. The summed E-state index contributed by atoms with van der Waals surface area (Å²) in [7, 11) is 0. The van der Waals surface area contributed by atoms with E-state index in [2.05, 4.69) is 18.2 Å². The molecule has 4 rings (SSSR count). The molecule has 0 amide bonds. The zero-order chi connectivity index (χ0) is 15.8. The molecule has 4 heteroatoms. The molecule has 2 aliphatic rings. The summed E-state index contributed by atoms with van der Waals surface area (Å²) in [5.41, 5.74) is 3.78. The zero-order valence-corrected chi connectivity index (χ0v) is 13.7. The molecule has 0 aliphatic heterocycles. The lowest BCUT2D eigenvalue weighted by molar-refractivity contribution is -0.129. The molecule has 1 aromatic heterocycles. The number of esters is 1. The predicted octanol–water partition coefficient (Wildman–Crippen LogP) is 4.18. The molecule has 1 heterocycles. The SMILES string of the molecule is O=C(O[C@H]1CCCCC1=O)c1cc2c(s1)-c1ccccc1CC2. The van der Waals surface area contributed by atoms with E-state index in [9.17, 15) is 9.59 Å². The normalized spacial score (nSPS) is 19.8. The summed E-state index contributed by atoms with van der Waals surface area (Å²) in [6.07, 6.45) is 4.50. The minimum absolute atomic E-state index is 0.0660. The van der Waals surface area contributed by atoms with Crippen molar-refractivity contribution in [2.24, 2.45) is 0 Å². The van der Waals surface area contributed by atoms with Crippen molar-refractivity contribution in [3.8, 4) is 10.4 Å². The van der Waals surface area contributed by atoms with E-state index in [0.29, 0.717) is 17.7 Å². The molecule has 1 atom stereocenters. The van der Waals surface area contributed by atoms with E-state index in [1.807, 2.05) is 12.1 Å². The molecule has 1 aromatic carbocycles. The van der Waals surface area contributed by atoms with E-state index < -0.39 is 6.10 Å². The van der Waals surface area contributed by atoms with Gasteiger partial charge in [-0.15, -0.1) is 11.3 Å². The van der Waals surface area contributed by atoms with Gasteiger partial charge in [0.15, 0.2) is 11.9 Å². The van der Waals surface area contributed by atoms with Gasteiger partial charge in [0.05, 0.1) is 0 Å².